The number of nitrogens with zero attached hydrogens (tertiary/aromatic N) is 2. The molecule has 1 amide bonds. The van der Waals surface area contributed by atoms with Crippen molar-refractivity contribution >= 4 is 23.3 Å². The van der Waals surface area contributed by atoms with Gasteiger partial charge in [0.05, 0.1) is 5.02 Å². The van der Waals surface area contributed by atoms with Gasteiger partial charge in [0.15, 0.2) is 0 Å². The lowest BCUT2D eigenvalue weighted by molar-refractivity contribution is 0.0670. The van der Waals surface area contributed by atoms with Gasteiger partial charge < -0.3 is 10.6 Å². The number of aromatic nitrogens is 1. The monoisotopic (exact) mass is 267 g/mol. The fourth-order valence-corrected chi connectivity index (χ4v) is 2.75. The third kappa shape index (κ3) is 2.29. The fourth-order valence-electron chi connectivity index (χ4n) is 2.57. The third-order valence-electron chi connectivity index (χ3n) is 3.56. The zero-order chi connectivity index (χ0) is 13.3. The largest absolute Gasteiger partial charge is 0.384 e. The van der Waals surface area contributed by atoms with Crippen LogP contribution in [0.3, 0.4) is 0 Å². The molecule has 0 aliphatic carbocycles. The summed E-state index contributed by atoms with van der Waals surface area (Å²) in [5, 5.41) is 0.364. The molecule has 1 saturated heterocycles. The van der Waals surface area contributed by atoms with Crippen molar-refractivity contribution in [1.82, 2.24) is 9.88 Å². The molecule has 2 rings (SSSR count). The quantitative estimate of drug-likeness (QED) is 0.896. The predicted octanol–water partition coefficient (Wildman–Crippen LogP) is 2.72. The van der Waals surface area contributed by atoms with Crippen LogP contribution in [0.15, 0.2) is 12.1 Å². The van der Waals surface area contributed by atoms with Gasteiger partial charge in [0.2, 0.25) is 0 Å². The van der Waals surface area contributed by atoms with Gasteiger partial charge in [-0.15, -0.1) is 0 Å². The second-order valence-electron chi connectivity index (χ2n) is 4.77. The number of nitrogen functional groups attached to an aromatic ring is 1. The summed E-state index contributed by atoms with van der Waals surface area (Å²) in [7, 11) is 0. The highest BCUT2D eigenvalue weighted by atomic mass is 35.5. The van der Waals surface area contributed by atoms with E-state index in [-0.39, 0.29) is 23.7 Å². The summed E-state index contributed by atoms with van der Waals surface area (Å²) < 4.78 is 0. The molecule has 0 bridgehead atoms. The van der Waals surface area contributed by atoms with Crippen molar-refractivity contribution in [3.63, 3.8) is 0 Å². The molecule has 0 spiro atoms. The van der Waals surface area contributed by atoms with Crippen molar-refractivity contribution in [2.24, 2.45) is 0 Å². The van der Waals surface area contributed by atoms with Crippen molar-refractivity contribution in [1.29, 1.82) is 0 Å². The number of nitrogens with two attached hydrogens (primary N) is 1. The molecule has 98 valence electrons. The molecule has 1 aliphatic rings. The molecular formula is C13H18ClN3O. The number of rotatable bonds is 2. The Hall–Kier alpha value is -1.29. The van der Waals surface area contributed by atoms with Crippen molar-refractivity contribution < 1.29 is 4.79 Å². The zero-order valence-corrected chi connectivity index (χ0v) is 11.4. The van der Waals surface area contributed by atoms with Crippen molar-refractivity contribution in [2.75, 3.05) is 5.73 Å². The SMILES string of the molecule is CCC1CCC(C)N1C(=O)c1nc(N)ccc1Cl. The van der Waals surface area contributed by atoms with Crippen LogP contribution >= 0.6 is 11.6 Å². The molecule has 1 fully saturated rings. The molecule has 1 aromatic heterocycles. The molecule has 2 unspecified atom stereocenters. The Balaban J connectivity index is 2.32. The van der Waals surface area contributed by atoms with Crippen molar-refractivity contribution in [2.45, 2.75) is 45.2 Å². The number of likely N-dealkylation sites (tertiary alicyclic amines) is 1. The Kier molecular flexibility index (Phi) is 3.76. The fraction of sp³-hybridized carbons (Fsp3) is 0.538. The number of halogens is 1. The van der Waals surface area contributed by atoms with Crippen molar-refractivity contribution in [3.05, 3.63) is 22.8 Å². The second kappa shape index (κ2) is 5.14. The molecule has 0 radical (unpaired) electrons. The van der Waals surface area contributed by atoms with Gasteiger partial charge >= 0.3 is 0 Å². The lowest BCUT2D eigenvalue weighted by Gasteiger charge is -2.28. The predicted molar refractivity (Wildman–Crippen MR) is 72.6 cm³/mol. The summed E-state index contributed by atoms with van der Waals surface area (Å²) >= 11 is 6.04. The van der Waals surface area contributed by atoms with Crippen molar-refractivity contribution in [3.8, 4) is 0 Å². The average Bonchev–Trinajstić information content (AvgIpc) is 2.72. The molecule has 2 heterocycles. The maximum atomic E-state index is 12.5. The number of pyridine rings is 1. The van der Waals surface area contributed by atoms with Gasteiger partial charge in [-0.05, 0) is 38.3 Å². The molecule has 1 aliphatic heterocycles. The maximum Gasteiger partial charge on any atom is 0.274 e. The minimum Gasteiger partial charge on any atom is -0.384 e. The molecule has 2 atom stereocenters. The van der Waals surface area contributed by atoms with Crippen LogP contribution in [0.2, 0.25) is 5.02 Å². The Morgan fingerprint density at radius 3 is 2.94 bits per heavy atom. The van der Waals surface area contributed by atoms with Gasteiger partial charge in [-0.1, -0.05) is 18.5 Å². The minimum absolute atomic E-state index is 0.107. The first kappa shape index (κ1) is 13.1. The molecular weight excluding hydrogens is 250 g/mol. The summed E-state index contributed by atoms with van der Waals surface area (Å²) in [4.78, 5) is 18.5. The standard InChI is InChI=1S/C13H18ClN3O/c1-3-9-5-4-8(2)17(9)13(18)12-10(14)6-7-11(15)16-12/h6-9H,3-5H2,1-2H3,(H2,15,16). The zero-order valence-electron chi connectivity index (χ0n) is 10.7. The van der Waals surface area contributed by atoms with Crippen LogP contribution in [0.5, 0.6) is 0 Å². The molecule has 1 aromatic rings. The summed E-state index contributed by atoms with van der Waals surface area (Å²) in [5.41, 5.74) is 5.89. The van der Waals surface area contributed by atoms with E-state index in [0.29, 0.717) is 10.8 Å². The van der Waals surface area contributed by atoms with Gasteiger partial charge in [0.25, 0.3) is 5.91 Å². The van der Waals surface area contributed by atoms with E-state index in [0.717, 1.165) is 19.3 Å². The third-order valence-corrected chi connectivity index (χ3v) is 3.87. The van der Waals surface area contributed by atoms with E-state index in [1.807, 2.05) is 4.90 Å². The highest BCUT2D eigenvalue weighted by Crippen LogP contribution is 2.29. The van der Waals surface area contributed by atoms with Gasteiger partial charge in [0, 0.05) is 12.1 Å². The molecule has 2 N–H and O–H groups in total. The normalized spacial score (nSPS) is 23.4. The van der Waals surface area contributed by atoms with E-state index >= 15 is 0 Å². The van der Waals surface area contributed by atoms with Crippen LogP contribution in [-0.4, -0.2) is 27.9 Å². The Morgan fingerprint density at radius 1 is 1.56 bits per heavy atom. The maximum absolute atomic E-state index is 12.5. The summed E-state index contributed by atoms with van der Waals surface area (Å²) in [6.45, 7) is 4.16. The summed E-state index contributed by atoms with van der Waals surface area (Å²) in [6, 6.07) is 3.75. The van der Waals surface area contributed by atoms with Crippen LogP contribution in [0, 0.1) is 0 Å². The number of anilines is 1. The Bertz CT molecular complexity index is 464. The Labute approximate surface area is 112 Å². The van der Waals surface area contributed by atoms with E-state index in [2.05, 4.69) is 18.8 Å². The number of hydrogen-bond donors (Lipinski definition) is 1. The molecule has 0 aromatic carbocycles. The lowest BCUT2D eigenvalue weighted by atomic mass is 10.1. The molecule has 18 heavy (non-hydrogen) atoms. The van der Waals surface area contributed by atoms with E-state index in [9.17, 15) is 4.79 Å². The molecule has 0 saturated carbocycles. The van der Waals surface area contributed by atoms with E-state index in [1.165, 1.54) is 0 Å². The number of carbonyl (C=O) groups excluding carboxylic acids is 1. The number of amides is 1. The topological polar surface area (TPSA) is 59.2 Å². The second-order valence-corrected chi connectivity index (χ2v) is 5.17. The van der Waals surface area contributed by atoms with Gasteiger partial charge in [-0.3, -0.25) is 4.79 Å². The van der Waals surface area contributed by atoms with Crippen LogP contribution in [-0.2, 0) is 0 Å². The van der Waals surface area contributed by atoms with Gasteiger partial charge in [0.1, 0.15) is 11.5 Å². The lowest BCUT2D eigenvalue weighted by Crippen LogP contribution is -2.40. The Morgan fingerprint density at radius 2 is 2.28 bits per heavy atom. The molecule has 4 nitrogen and oxygen atoms in total. The first-order valence-corrected chi connectivity index (χ1v) is 6.67. The molecule has 5 heteroatoms. The van der Waals surface area contributed by atoms with Crippen LogP contribution in [0.4, 0.5) is 5.82 Å². The first-order valence-electron chi connectivity index (χ1n) is 6.29. The van der Waals surface area contributed by atoms with Crippen LogP contribution in [0.1, 0.15) is 43.6 Å². The summed E-state index contributed by atoms with van der Waals surface area (Å²) in [6.07, 6.45) is 3.03. The first-order chi connectivity index (χ1) is 8.54. The van der Waals surface area contributed by atoms with Crippen LogP contribution in [0.25, 0.3) is 0 Å². The average molecular weight is 268 g/mol. The number of carbonyl (C=O) groups is 1. The highest BCUT2D eigenvalue weighted by Gasteiger charge is 2.35. The van der Waals surface area contributed by atoms with E-state index < -0.39 is 0 Å². The highest BCUT2D eigenvalue weighted by molar-refractivity contribution is 6.33. The van der Waals surface area contributed by atoms with E-state index in [4.69, 9.17) is 17.3 Å². The minimum atomic E-state index is -0.107. The van der Waals surface area contributed by atoms with E-state index in [1.54, 1.807) is 12.1 Å². The van der Waals surface area contributed by atoms with Gasteiger partial charge in [-0.25, -0.2) is 4.98 Å². The number of hydrogen-bond acceptors (Lipinski definition) is 3. The van der Waals surface area contributed by atoms with Crippen LogP contribution < -0.4 is 5.73 Å². The smallest absolute Gasteiger partial charge is 0.274 e. The van der Waals surface area contributed by atoms with Gasteiger partial charge in [-0.2, -0.15) is 0 Å². The summed E-state index contributed by atoms with van der Waals surface area (Å²) in [5.74, 6) is 0.215.